The number of fused-ring (bicyclic) bond motifs is 2. The highest BCUT2D eigenvalue weighted by molar-refractivity contribution is 5.89. The van der Waals surface area contributed by atoms with Gasteiger partial charge in [-0.05, 0) is 37.3 Å². The summed E-state index contributed by atoms with van der Waals surface area (Å²) >= 11 is 0. The van der Waals surface area contributed by atoms with Gasteiger partial charge in [-0.2, -0.15) is 9.49 Å². The van der Waals surface area contributed by atoms with E-state index in [1.54, 1.807) is 6.07 Å². The molecule has 104 valence electrons. The van der Waals surface area contributed by atoms with Gasteiger partial charge in [0.2, 0.25) is 5.95 Å². The van der Waals surface area contributed by atoms with Crippen LogP contribution in [0.4, 0.5) is 15.9 Å². The van der Waals surface area contributed by atoms with Crippen LogP contribution in [0.15, 0.2) is 34.9 Å². The minimum atomic E-state index is -0.544. The van der Waals surface area contributed by atoms with Crippen molar-refractivity contribution in [1.82, 2.24) is 20.3 Å². The molecule has 0 bridgehead atoms. The Morgan fingerprint density at radius 3 is 3.05 bits per heavy atom. The Hall–Kier alpha value is -2.96. The molecule has 3 aromatic heterocycles. The van der Waals surface area contributed by atoms with Crippen LogP contribution in [0.25, 0.3) is 22.0 Å². The first-order chi connectivity index (χ1) is 10.2. The highest BCUT2D eigenvalue weighted by Gasteiger charge is 2.10. The third kappa shape index (κ3) is 1.90. The number of H-pyrrole nitrogens is 1. The Morgan fingerprint density at radius 2 is 2.14 bits per heavy atom. The summed E-state index contributed by atoms with van der Waals surface area (Å²) in [5.74, 6) is -0.0739. The number of nitrogens with zero attached hydrogens (tertiary/aromatic N) is 3. The van der Waals surface area contributed by atoms with Gasteiger partial charge in [0.15, 0.2) is 11.4 Å². The van der Waals surface area contributed by atoms with Crippen LogP contribution in [0.5, 0.6) is 0 Å². The van der Waals surface area contributed by atoms with Crippen LogP contribution in [0.1, 0.15) is 5.69 Å². The molecule has 0 radical (unpaired) electrons. The zero-order chi connectivity index (χ0) is 14.4. The van der Waals surface area contributed by atoms with Crippen molar-refractivity contribution < 1.29 is 8.91 Å². The second-order valence-electron chi connectivity index (χ2n) is 4.71. The lowest BCUT2D eigenvalue weighted by atomic mass is 10.2. The fourth-order valence-electron chi connectivity index (χ4n) is 2.24. The number of rotatable bonds is 2. The number of hydrogen-bond acceptors (Lipinski definition) is 5. The molecule has 0 aliphatic carbocycles. The zero-order valence-electron chi connectivity index (χ0n) is 11.0. The van der Waals surface area contributed by atoms with Crippen LogP contribution >= 0.6 is 0 Å². The number of aryl methyl sites for hydroxylation is 1. The Labute approximate surface area is 118 Å². The number of aromatic amines is 1. The fourth-order valence-corrected chi connectivity index (χ4v) is 2.24. The van der Waals surface area contributed by atoms with E-state index in [2.05, 4.69) is 25.7 Å². The summed E-state index contributed by atoms with van der Waals surface area (Å²) < 4.78 is 18.4. The molecule has 0 aliphatic heterocycles. The van der Waals surface area contributed by atoms with Crippen molar-refractivity contribution in [3.8, 4) is 0 Å². The van der Waals surface area contributed by atoms with E-state index in [-0.39, 0.29) is 0 Å². The summed E-state index contributed by atoms with van der Waals surface area (Å²) in [6.45, 7) is 1.87. The van der Waals surface area contributed by atoms with Crippen molar-refractivity contribution in [3.05, 3.63) is 42.0 Å². The second-order valence-corrected chi connectivity index (χ2v) is 4.71. The van der Waals surface area contributed by atoms with Gasteiger partial charge < -0.3 is 9.84 Å². The van der Waals surface area contributed by atoms with Gasteiger partial charge in [0.1, 0.15) is 5.52 Å². The number of halogens is 1. The lowest BCUT2D eigenvalue weighted by molar-refractivity contribution is 0.450. The first kappa shape index (κ1) is 11.8. The van der Waals surface area contributed by atoms with Crippen LogP contribution in [-0.2, 0) is 0 Å². The lowest BCUT2D eigenvalue weighted by Gasteiger charge is -2.03. The predicted octanol–water partition coefficient (Wildman–Crippen LogP) is 3.29. The first-order valence-corrected chi connectivity index (χ1v) is 6.34. The topological polar surface area (TPSA) is 79.6 Å². The molecule has 0 amide bonds. The smallest absolute Gasteiger partial charge is 0.213 e. The monoisotopic (exact) mass is 283 g/mol. The van der Waals surface area contributed by atoms with Crippen molar-refractivity contribution in [2.24, 2.45) is 0 Å². The highest BCUT2D eigenvalue weighted by atomic mass is 19.1. The second kappa shape index (κ2) is 4.27. The lowest BCUT2D eigenvalue weighted by Crippen LogP contribution is -1.92. The van der Waals surface area contributed by atoms with Crippen molar-refractivity contribution in [2.45, 2.75) is 6.92 Å². The summed E-state index contributed by atoms with van der Waals surface area (Å²) in [5, 5.41) is 14.9. The molecule has 2 N–H and O–H groups in total. The SMILES string of the molecule is Cc1noc2ccc(Nc3n[nH]c4ccc(F)nc34)cc12. The molecule has 0 saturated heterocycles. The van der Waals surface area contributed by atoms with E-state index in [9.17, 15) is 4.39 Å². The van der Waals surface area contributed by atoms with Crippen molar-refractivity contribution in [2.75, 3.05) is 5.32 Å². The van der Waals surface area contributed by atoms with Gasteiger partial charge in [-0.15, -0.1) is 0 Å². The molecule has 7 heteroatoms. The van der Waals surface area contributed by atoms with E-state index in [4.69, 9.17) is 4.52 Å². The summed E-state index contributed by atoms with van der Waals surface area (Å²) in [5.41, 5.74) is 3.45. The Kier molecular flexibility index (Phi) is 2.41. The van der Waals surface area contributed by atoms with E-state index < -0.39 is 5.95 Å². The first-order valence-electron chi connectivity index (χ1n) is 6.34. The molecule has 0 aliphatic rings. The molecule has 4 aromatic rings. The molecule has 4 rings (SSSR count). The largest absolute Gasteiger partial charge is 0.356 e. The maximum Gasteiger partial charge on any atom is 0.213 e. The molecule has 0 saturated carbocycles. The molecule has 0 spiro atoms. The van der Waals surface area contributed by atoms with Crippen LogP contribution < -0.4 is 5.32 Å². The zero-order valence-corrected chi connectivity index (χ0v) is 11.0. The van der Waals surface area contributed by atoms with Crippen LogP contribution in [0.3, 0.4) is 0 Å². The van der Waals surface area contributed by atoms with E-state index in [0.717, 1.165) is 16.8 Å². The highest BCUT2D eigenvalue weighted by Crippen LogP contribution is 2.26. The summed E-state index contributed by atoms with van der Waals surface area (Å²) in [7, 11) is 0. The standard InChI is InChI=1S/C14H10FN5O/c1-7-9-6-8(2-4-11(9)21-20-7)16-14-13-10(18-19-14)3-5-12(15)17-13/h2-6H,1H3,(H2,16,18,19). The molecule has 0 unspecified atom stereocenters. The molecule has 0 atom stereocenters. The van der Waals surface area contributed by atoms with Gasteiger partial charge in [0, 0.05) is 11.1 Å². The Bertz CT molecular complexity index is 958. The average Bonchev–Trinajstić information content (AvgIpc) is 3.04. The molecule has 3 heterocycles. The Morgan fingerprint density at radius 1 is 1.24 bits per heavy atom. The quantitative estimate of drug-likeness (QED) is 0.552. The fraction of sp³-hybridized carbons (Fsp3) is 0.0714. The minimum Gasteiger partial charge on any atom is -0.356 e. The average molecular weight is 283 g/mol. The van der Waals surface area contributed by atoms with Crippen molar-refractivity contribution in [1.29, 1.82) is 0 Å². The van der Waals surface area contributed by atoms with Gasteiger partial charge >= 0.3 is 0 Å². The summed E-state index contributed by atoms with van der Waals surface area (Å²) in [6, 6.07) is 8.45. The number of aromatic nitrogens is 4. The number of pyridine rings is 1. The maximum absolute atomic E-state index is 13.3. The van der Waals surface area contributed by atoms with E-state index >= 15 is 0 Å². The van der Waals surface area contributed by atoms with Crippen molar-refractivity contribution >= 4 is 33.5 Å². The summed E-state index contributed by atoms with van der Waals surface area (Å²) in [4.78, 5) is 3.85. The predicted molar refractivity (Wildman–Crippen MR) is 75.9 cm³/mol. The molecular weight excluding hydrogens is 273 g/mol. The molecule has 1 aromatic carbocycles. The summed E-state index contributed by atoms with van der Waals surface area (Å²) in [6.07, 6.45) is 0. The number of benzene rings is 1. The number of hydrogen-bond donors (Lipinski definition) is 2. The van der Waals surface area contributed by atoms with E-state index in [1.165, 1.54) is 6.07 Å². The Balaban J connectivity index is 1.78. The van der Waals surface area contributed by atoms with Gasteiger partial charge in [-0.1, -0.05) is 5.16 Å². The van der Waals surface area contributed by atoms with E-state index in [0.29, 0.717) is 22.4 Å². The van der Waals surface area contributed by atoms with Gasteiger partial charge in [-0.25, -0.2) is 4.98 Å². The molecule has 21 heavy (non-hydrogen) atoms. The molecule has 0 fully saturated rings. The minimum absolute atomic E-state index is 0.456. The number of anilines is 2. The third-order valence-electron chi connectivity index (χ3n) is 3.29. The van der Waals surface area contributed by atoms with Crippen LogP contribution in [0.2, 0.25) is 0 Å². The van der Waals surface area contributed by atoms with Crippen LogP contribution in [-0.4, -0.2) is 20.3 Å². The van der Waals surface area contributed by atoms with Crippen LogP contribution in [0, 0.1) is 12.9 Å². The van der Waals surface area contributed by atoms with Gasteiger partial charge in [-0.3, -0.25) is 5.10 Å². The third-order valence-corrected chi connectivity index (χ3v) is 3.29. The van der Waals surface area contributed by atoms with E-state index in [1.807, 2.05) is 25.1 Å². The maximum atomic E-state index is 13.3. The molecular formula is C14H10FN5O. The molecule has 6 nitrogen and oxygen atoms in total. The van der Waals surface area contributed by atoms with Gasteiger partial charge in [0.05, 0.1) is 11.2 Å². The van der Waals surface area contributed by atoms with Crippen molar-refractivity contribution in [3.63, 3.8) is 0 Å². The normalized spacial score (nSPS) is 11.3. The number of nitrogens with one attached hydrogen (secondary N) is 2. The van der Waals surface area contributed by atoms with Gasteiger partial charge in [0.25, 0.3) is 0 Å².